The number of hydrogen-bond acceptors (Lipinski definition) is 5. The molecule has 3 rings (SSSR count). The number of hydrogen-bond donors (Lipinski definition) is 0. The van der Waals surface area contributed by atoms with Crippen LogP contribution in [-0.2, 0) is 0 Å². The molecule has 19 heavy (non-hydrogen) atoms. The van der Waals surface area contributed by atoms with E-state index in [0.29, 0.717) is 11.4 Å². The molecule has 0 spiro atoms. The summed E-state index contributed by atoms with van der Waals surface area (Å²) in [5.41, 5.74) is 0.819. The van der Waals surface area contributed by atoms with Crippen molar-refractivity contribution >= 4 is 27.3 Å². The molecule has 3 heterocycles. The standard InChI is InChI=1S/C11H6BrN5O2/c12-8-4-7(5-13-6-8)10-14-11-9(17(18)19)2-1-3-16(11)15-10/h1-6H. The third-order valence-electron chi connectivity index (χ3n) is 2.50. The van der Waals surface area contributed by atoms with Crippen molar-refractivity contribution in [1.82, 2.24) is 19.6 Å². The predicted octanol–water partition coefficient (Wildman–Crippen LogP) is 2.46. The summed E-state index contributed by atoms with van der Waals surface area (Å²) in [6.07, 6.45) is 4.86. The smallest absolute Gasteiger partial charge is 0.263 e. The fraction of sp³-hybridized carbons (Fsp3) is 0. The average Bonchev–Trinajstić information content (AvgIpc) is 2.82. The van der Waals surface area contributed by atoms with Gasteiger partial charge in [-0.25, -0.2) is 9.50 Å². The first kappa shape index (κ1) is 11.7. The van der Waals surface area contributed by atoms with Crippen molar-refractivity contribution in [3.63, 3.8) is 0 Å². The topological polar surface area (TPSA) is 86.2 Å². The van der Waals surface area contributed by atoms with Crippen LogP contribution in [0.5, 0.6) is 0 Å². The van der Waals surface area contributed by atoms with Gasteiger partial charge in [0.05, 0.1) is 4.92 Å². The minimum atomic E-state index is -0.479. The number of nitro groups is 1. The van der Waals surface area contributed by atoms with E-state index in [1.165, 1.54) is 10.6 Å². The molecule has 0 radical (unpaired) electrons. The van der Waals surface area contributed by atoms with Crippen molar-refractivity contribution in [2.75, 3.05) is 0 Å². The minimum Gasteiger partial charge on any atom is -0.263 e. The molecular formula is C11H6BrN5O2. The molecule has 0 unspecified atom stereocenters. The molecule has 0 N–H and O–H groups in total. The van der Waals surface area contributed by atoms with E-state index in [1.54, 1.807) is 30.7 Å². The number of pyridine rings is 2. The summed E-state index contributed by atoms with van der Waals surface area (Å²) in [7, 11) is 0. The summed E-state index contributed by atoms with van der Waals surface area (Å²) in [5.74, 6) is 0.392. The highest BCUT2D eigenvalue weighted by atomic mass is 79.9. The molecule has 0 aliphatic rings. The molecule has 94 valence electrons. The van der Waals surface area contributed by atoms with Gasteiger partial charge in [-0.1, -0.05) is 0 Å². The van der Waals surface area contributed by atoms with Crippen LogP contribution in [0.25, 0.3) is 17.0 Å². The largest absolute Gasteiger partial charge is 0.313 e. The molecule has 0 saturated heterocycles. The van der Waals surface area contributed by atoms with Crippen LogP contribution in [0.15, 0.2) is 41.3 Å². The molecule has 0 aliphatic heterocycles. The van der Waals surface area contributed by atoms with E-state index in [9.17, 15) is 10.1 Å². The molecule has 0 aliphatic carbocycles. The van der Waals surface area contributed by atoms with Crippen LogP contribution < -0.4 is 0 Å². The van der Waals surface area contributed by atoms with E-state index >= 15 is 0 Å². The van der Waals surface area contributed by atoms with Crippen molar-refractivity contribution in [2.24, 2.45) is 0 Å². The van der Waals surface area contributed by atoms with E-state index in [1.807, 2.05) is 0 Å². The highest BCUT2D eigenvalue weighted by Crippen LogP contribution is 2.23. The lowest BCUT2D eigenvalue weighted by Crippen LogP contribution is -1.93. The minimum absolute atomic E-state index is 0.0794. The third kappa shape index (κ3) is 2.06. The van der Waals surface area contributed by atoms with E-state index in [4.69, 9.17) is 0 Å². The summed E-state index contributed by atoms with van der Waals surface area (Å²) in [5, 5.41) is 15.1. The highest BCUT2D eigenvalue weighted by Gasteiger charge is 2.16. The lowest BCUT2D eigenvalue weighted by atomic mass is 10.3. The Morgan fingerprint density at radius 1 is 1.37 bits per heavy atom. The first-order valence-corrected chi connectivity index (χ1v) is 6.05. The maximum Gasteiger partial charge on any atom is 0.313 e. The van der Waals surface area contributed by atoms with Gasteiger partial charge in [-0.05, 0) is 28.1 Å². The zero-order valence-electron chi connectivity index (χ0n) is 9.39. The predicted molar refractivity (Wildman–Crippen MR) is 70.6 cm³/mol. The number of halogens is 1. The summed E-state index contributed by atoms with van der Waals surface area (Å²) in [4.78, 5) is 18.7. The zero-order valence-corrected chi connectivity index (χ0v) is 11.0. The Bertz CT molecular complexity index is 786. The van der Waals surface area contributed by atoms with Crippen molar-refractivity contribution < 1.29 is 4.92 Å². The molecule has 3 aromatic heterocycles. The van der Waals surface area contributed by atoms with Crippen molar-refractivity contribution in [3.8, 4) is 11.4 Å². The second-order valence-electron chi connectivity index (χ2n) is 3.75. The van der Waals surface area contributed by atoms with Crippen LogP contribution in [0.3, 0.4) is 0 Å². The van der Waals surface area contributed by atoms with Gasteiger partial charge in [0.2, 0.25) is 5.65 Å². The Kier molecular flexibility index (Phi) is 2.71. The zero-order chi connectivity index (χ0) is 13.4. The molecule has 0 bridgehead atoms. The van der Waals surface area contributed by atoms with Gasteiger partial charge in [0, 0.05) is 34.7 Å². The molecular weight excluding hydrogens is 314 g/mol. The van der Waals surface area contributed by atoms with Gasteiger partial charge in [-0.2, -0.15) is 0 Å². The molecule has 8 heteroatoms. The summed E-state index contributed by atoms with van der Waals surface area (Å²) in [6, 6.07) is 4.75. The fourth-order valence-electron chi connectivity index (χ4n) is 1.69. The Balaban J connectivity index is 2.22. The molecule has 3 aromatic rings. The Labute approximate surface area is 115 Å². The van der Waals surface area contributed by atoms with Gasteiger partial charge in [-0.15, -0.1) is 5.10 Å². The van der Waals surface area contributed by atoms with Crippen LogP contribution in [0.2, 0.25) is 0 Å². The number of aromatic nitrogens is 4. The number of nitrogens with zero attached hydrogens (tertiary/aromatic N) is 5. The SMILES string of the molecule is O=[N+]([O-])c1cccn2nc(-c3cncc(Br)c3)nc12. The van der Waals surface area contributed by atoms with E-state index < -0.39 is 4.92 Å². The maximum atomic E-state index is 10.9. The van der Waals surface area contributed by atoms with Gasteiger partial charge < -0.3 is 0 Å². The van der Waals surface area contributed by atoms with Gasteiger partial charge in [0.15, 0.2) is 5.82 Å². The third-order valence-corrected chi connectivity index (χ3v) is 2.94. The van der Waals surface area contributed by atoms with Crippen molar-refractivity contribution in [1.29, 1.82) is 0 Å². The van der Waals surface area contributed by atoms with E-state index in [0.717, 1.165) is 4.47 Å². The first-order chi connectivity index (χ1) is 9.15. The quantitative estimate of drug-likeness (QED) is 0.535. The second-order valence-corrected chi connectivity index (χ2v) is 4.66. The average molecular weight is 320 g/mol. The normalized spacial score (nSPS) is 10.8. The Hall–Kier alpha value is -2.35. The fourth-order valence-corrected chi connectivity index (χ4v) is 2.06. The van der Waals surface area contributed by atoms with Gasteiger partial charge >= 0.3 is 5.69 Å². The second kappa shape index (κ2) is 4.39. The van der Waals surface area contributed by atoms with Crippen LogP contribution in [0.4, 0.5) is 5.69 Å². The summed E-state index contributed by atoms with van der Waals surface area (Å²) >= 11 is 3.31. The van der Waals surface area contributed by atoms with E-state index in [-0.39, 0.29) is 11.3 Å². The molecule has 0 aromatic carbocycles. The number of rotatable bonds is 2. The maximum absolute atomic E-state index is 10.9. The van der Waals surface area contributed by atoms with E-state index in [2.05, 4.69) is 31.0 Å². The van der Waals surface area contributed by atoms with Gasteiger partial charge in [0.1, 0.15) is 0 Å². The molecule has 0 atom stereocenters. The monoisotopic (exact) mass is 319 g/mol. The number of fused-ring (bicyclic) bond motifs is 1. The lowest BCUT2D eigenvalue weighted by molar-refractivity contribution is -0.383. The molecule has 0 saturated carbocycles. The first-order valence-electron chi connectivity index (χ1n) is 5.26. The lowest BCUT2D eigenvalue weighted by Gasteiger charge is -1.93. The van der Waals surface area contributed by atoms with Gasteiger partial charge in [-0.3, -0.25) is 15.1 Å². The highest BCUT2D eigenvalue weighted by molar-refractivity contribution is 9.10. The Morgan fingerprint density at radius 3 is 2.95 bits per heavy atom. The molecule has 0 fully saturated rings. The van der Waals surface area contributed by atoms with Crippen molar-refractivity contribution in [2.45, 2.75) is 0 Å². The Morgan fingerprint density at radius 2 is 2.21 bits per heavy atom. The van der Waals surface area contributed by atoms with Crippen LogP contribution in [0.1, 0.15) is 0 Å². The molecule has 0 amide bonds. The molecule has 7 nitrogen and oxygen atoms in total. The van der Waals surface area contributed by atoms with Gasteiger partial charge in [0.25, 0.3) is 0 Å². The van der Waals surface area contributed by atoms with Crippen LogP contribution in [0, 0.1) is 10.1 Å². The van der Waals surface area contributed by atoms with Crippen LogP contribution >= 0.6 is 15.9 Å². The summed E-state index contributed by atoms with van der Waals surface area (Å²) in [6.45, 7) is 0. The van der Waals surface area contributed by atoms with Crippen molar-refractivity contribution in [3.05, 3.63) is 51.4 Å². The summed E-state index contributed by atoms with van der Waals surface area (Å²) < 4.78 is 2.17. The van der Waals surface area contributed by atoms with Crippen LogP contribution in [-0.4, -0.2) is 24.5 Å².